The summed E-state index contributed by atoms with van der Waals surface area (Å²) in [5, 5.41) is 7.07. The minimum atomic E-state index is -3.63. The van der Waals surface area contributed by atoms with Gasteiger partial charge in [0, 0.05) is 42.7 Å². The Bertz CT molecular complexity index is 1470. The predicted octanol–water partition coefficient (Wildman–Crippen LogP) is 4.20. The number of anilines is 1. The number of carbonyl (C=O) groups is 2. The molecule has 39 heavy (non-hydrogen) atoms. The minimum absolute atomic E-state index is 0.227. The number of hydrazone groups is 1. The Morgan fingerprint density at radius 3 is 2.10 bits per heavy atom. The van der Waals surface area contributed by atoms with E-state index in [1.807, 2.05) is 45.0 Å². The second-order valence-electron chi connectivity index (χ2n) is 9.85. The van der Waals surface area contributed by atoms with Crippen LogP contribution in [0.25, 0.3) is 0 Å². The Morgan fingerprint density at radius 1 is 0.923 bits per heavy atom. The Labute approximate surface area is 229 Å². The number of pyridine rings is 1. The zero-order valence-corrected chi connectivity index (χ0v) is 23.4. The molecule has 10 heteroatoms. The van der Waals surface area contributed by atoms with Crippen LogP contribution in [0.3, 0.4) is 0 Å². The molecule has 0 spiro atoms. The van der Waals surface area contributed by atoms with Gasteiger partial charge < -0.3 is 5.32 Å². The topological polar surface area (TPSA) is 121 Å². The molecule has 2 heterocycles. The van der Waals surface area contributed by atoms with Crippen molar-refractivity contribution in [2.75, 3.05) is 18.4 Å². The largest absolute Gasteiger partial charge is 0.322 e. The molecular formula is C29H33N5O4S. The van der Waals surface area contributed by atoms with Gasteiger partial charge >= 0.3 is 0 Å². The van der Waals surface area contributed by atoms with Crippen LogP contribution in [0.5, 0.6) is 0 Å². The lowest BCUT2D eigenvalue weighted by Crippen LogP contribution is -2.42. The van der Waals surface area contributed by atoms with Gasteiger partial charge in [-0.05, 0) is 81.5 Å². The lowest BCUT2D eigenvalue weighted by Gasteiger charge is -2.31. The predicted molar refractivity (Wildman–Crippen MR) is 151 cm³/mol. The van der Waals surface area contributed by atoms with Crippen molar-refractivity contribution in [2.24, 2.45) is 11.0 Å². The molecule has 1 saturated heterocycles. The van der Waals surface area contributed by atoms with E-state index in [4.69, 9.17) is 0 Å². The summed E-state index contributed by atoms with van der Waals surface area (Å²) in [6.07, 6.45) is 3.97. The molecule has 0 atom stereocenters. The molecule has 3 aromatic rings. The SMILES string of the molecule is CC(=NNC(=O)C1CCN(S(=O)(=O)c2c(C)cc(C)cc2C)CC1)c1ccc(NC(=O)c2ccncc2)cc1. The molecular weight excluding hydrogens is 514 g/mol. The average Bonchev–Trinajstić information content (AvgIpc) is 2.91. The highest BCUT2D eigenvalue weighted by molar-refractivity contribution is 7.89. The van der Waals surface area contributed by atoms with Crippen molar-refractivity contribution >= 4 is 33.2 Å². The van der Waals surface area contributed by atoms with Crippen LogP contribution in [0.4, 0.5) is 5.69 Å². The van der Waals surface area contributed by atoms with Gasteiger partial charge in [0.25, 0.3) is 5.91 Å². The van der Waals surface area contributed by atoms with Crippen molar-refractivity contribution in [3.8, 4) is 0 Å². The summed E-state index contributed by atoms with van der Waals surface area (Å²) in [7, 11) is -3.63. The van der Waals surface area contributed by atoms with Crippen LogP contribution in [0.2, 0.25) is 0 Å². The number of carbonyl (C=O) groups excluding carboxylic acids is 2. The van der Waals surface area contributed by atoms with Gasteiger partial charge in [0.05, 0.1) is 10.6 Å². The van der Waals surface area contributed by atoms with Crippen LogP contribution in [-0.2, 0) is 14.8 Å². The third-order valence-electron chi connectivity index (χ3n) is 6.86. The molecule has 2 aromatic carbocycles. The molecule has 0 saturated carbocycles. The number of sulfonamides is 1. The maximum absolute atomic E-state index is 13.3. The summed E-state index contributed by atoms with van der Waals surface area (Å²) >= 11 is 0. The third kappa shape index (κ3) is 6.58. The zero-order valence-electron chi connectivity index (χ0n) is 22.6. The van der Waals surface area contributed by atoms with Gasteiger partial charge in [0.15, 0.2) is 0 Å². The highest BCUT2D eigenvalue weighted by Gasteiger charge is 2.33. The summed E-state index contributed by atoms with van der Waals surface area (Å²) < 4.78 is 28.1. The van der Waals surface area contributed by atoms with Crippen molar-refractivity contribution in [3.05, 3.63) is 88.7 Å². The number of nitrogens with one attached hydrogen (secondary N) is 2. The van der Waals surface area contributed by atoms with Gasteiger partial charge in [-0.15, -0.1) is 0 Å². The average molecular weight is 548 g/mol. The van der Waals surface area contributed by atoms with Crippen molar-refractivity contribution in [2.45, 2.75) is 45.4 Å². The summed E-state index contributed by atoms with van der Waals surface area (Å²) in [6, 6.07) is 14.2. The lowest BCUT2D eigenvalue weighted by molar-refractivity contribution is -0.126. The van der Waals surface area contributed by atoms with Crippen LogP contribution >= 0.6 is 0 Å². The van der Waals surface area contributed by atoms with E-state index in [1.165, 1.54) is 4.31 Å². The summed E-state index contributed by atoms with van der Waals surface area (Å²) in [4.78, 5) is 29.4. The molecule has 0 unspecified atom stereocenters. The number of nitrogens with zero attached hydrogens (tertiary/aromatic N) is 3. The molecule has 1 aliphatic heterocycles. The molecule has 0 bridgehead atoms. The van der Waals surface area contributed by atoms with E-state index in [0.717, 1.165) is 22.3 Å². The van der Waals surface area contributed by atoms with E-state index in [2.05, 4.69) is 20.8 Å². The van der Waals surface area contributed by atoms with Gasteiger partial charge in [-0.1, -0.05) is 29.8 Å². The molecule has 1 fully saturated rings. The Balaban J connectivity index is 1.32. The standard InChI is InChI=1S/C29H33N5O4S/c1-19-17-20(2)27(21(3)18-19)39(37,38)34-15-11-25(12-16-34)29(36)33-32-22(4)23-5-7-26(8-6-23)31-28(35)24-9-13-30-14-10-24/h5-10,13-14,17-18,25H,11-12,15-16H2,1-4H3,(H,31,35)(H,33,36). The molecule has 9 nitrogen and oxygen atoms in total. The Morgan fingerprint density at radius 2 is 1.51 bits per heavy atom. The molecule has 204 valence electrons. The number of hydrogen-bond acceptors (Lipinski definition) is 6. The van der Waals surface area contributed by atoms with E-state index in [0.29, 0.717) is 34.7 Å². The van der Waals surface area contributed by atoms with E-state index in [9.17, 15) is 18.0 Å². The Hall–Kier alpha value is -3.89. The van der Waals surface area contributed by atoms with Crippen LogP contribution in [-0.4, -0.2) is 48.3 Å². The van der Waals surface area contributed by atoms with Gasteiger partial charge in [0.2, 0.25) is 15.9 Å². The van der Waals surface area contributed by atoms with E-state index in [1.54, 1.807) is 43.6 Å². The number of rotatable bonds is 7. The molecule has 0 aliphatic carbocycles. The highest BCUT2D eigenvalue weighted by Crippen LogP contribution is 2.29. The van der Waals surface area contributed by atoms with Crippen LogP contribution < -0.4 is 10.7 Å². The van der Waals surface area contributed by atoms with Crippen molar-refractivity contribution in [1.82, 2.24) is 14.7 Å². The van der Waals surface area contributed by atoms with E-state index in [-0.39, 0.29) is 30.8 Å². The molecule has 1 aliphatic rings. The summed E-state index contributed by atoms with van der Waals surface area (Å²) in [6.45, 7) is 7.93. The molecule has 0 radical (unpaired) electrons. The van der Waals surface area contributed by atoms with Gasteiger partial charge in [0.1, 0.15) is 0 Å². The maximum atomic E-state index is 13.3. The summed E-state index contributed by atoms with van der Waals surface area (Å²) in [5.41, 5.74) is 7.69. The first-order chi connectivity index (χ1) is 18.6. The number of piperidine rings is 1. The number of aromatic nitrogens is 1. The highest BCUT2D eigenvalue weighted by atomic mass is 32.2. The fourth-order valence-electron chi connectivity index (χ4n) is 4.86. The molecule has 2 N–H and O–H groups in total. The molecule has 1 aromatic heterocycles. The first-order valence-corrected chi connectivity index (χ1v) is 14.2. The lowest BCUT2D eigenvalue weighted by atomic mass is 9.98. The van der Waals surface area contributed by atoms with E-state index < -0.39 is 10.0 Å². The quantitative estimate of drug-likeness (QED) is 0.339. The van der Waals surface area contributed by atoms with Gasteiger partial charge in [-0.3, -0.25) is 14.6 Å². The van der Waals surface area contributed by atoms with Gasteiger partial charge in [-0.2, -0.15) is 9.41 Å². The minimum Gasteiger partial charge on any atom is -0.322 e. The fraction of sp³-hybridized carbons (Fsp3) is 0.310. The smallest absolute Gasteiger partial charge is 0.255 e. The van der Waals surface area contributed by atoms with Crippen LogP contribution in [0, 0.1) is 26.7 Å². The van der Waals surface area contributed by atoms with Crippen molar-refractivity contribution < 1.29 is 18.0 Å². The Kier molecular flexibility index (Phi) is 8.57. The van der Waals surface area contributed by atoms with Gasteiger partial charge in [-0.25, -0.2) is 13.8 Å². The zero-order chi connectivity index (χ0) is 28.2. The first-order valence-electron chi connectivity index (χ1n) is 12.8. The second kappa shape index (κ2) is 11.9. The summed E-state index contributed by atoms with van der Waals surface area (Å²) in [5.74, 6) is -0.778. The number of aryl methyl sites for hydroxylation is 3. The normalized spacial score (nSPS) is 15.1. The van der Waals surface area contributed by atoms with E-state index >= 15 is 0 Å². The first kappa shape index (κ1) is 28.1. The van der Waals surface area contributed by atoms with Crippen LogP contribution in [0.1, 0.15) is 52.4 Å². The number of hydrogen-bond donors (Lipinski definition) is 2. The molecule has 4 rings (SSSR count). The van der Waals surface area contributed by atoms with Crippen molar-refractivity contribution in [3.63, 3.8) is 0 Å². The third-order valence-corrected chi connectivity index (χ3v) is 9.07. The monoisotopic (exact) mass is 547 g/mol. The molecule has 2 amide bonds. The van der Waals surface area contributed by atoms with Crippen LogP contribution in [0.15, 0.2) is 70.9 Å². The van der Waals surface area contributed by atoms with Crippen molar-refractivity contribution in [1.29, 1.82) is 0 Å². The fourth-order valence-corrected chi connectivity index (χ4v) is 6.74. The number of benzene rings is 2. The maximum Gasteiger partial charge on any atom is 0.255 e. The number of amides is 2. The second-order valence-corrected chi connectivity index (χ2v) is 11.7.